The van der Waals surface area contributed by atoms with E-state index in [0.717, 1.165) is 5.03 Å². The van der Waals surface area contributed by atoms with Gasteiger partial charge in [0.15, 0.2) is 0 Å². The first kappa shape index (κ1) is 13.6. The predicted octanol–water partition coefficient (Wildman–Crippen LogP) is 3.46. The lowest BCUT2D eigenvalue weighted by atomic mass is 10.0. The molecule has 1 aromatic rings. The van der Waals surface area contributed by atoms with Crippen LogP contribution in [0.2, 0.25) is 0 Å². The van der Waals surface area contributed by atoms with Gasteiger partial charge < -0.3 is 9.64 Å². The molecule has 0 bridgehead atoms. The van der Waals surface area contributed by atoms with Gasteiger partial charge in [-0.25, -0.2) is 0 Å². The van der Waals surface area contributed by atoms with Crippen molar-refractivity contribution in [3.8, 4) is 0 Å². The topological polar surface area (TPSA) is 29.5 Å². The Labute approximate surface area is 127 Å². The van der Waals surface area contributed by atoms with Gasteiger partial charge in [-0.2, -0.15) is 0 Å². The third-order valence-electron chi connectivity index (χ3n) is 3.37. The second-order valence-corrected chi connectivity index (χ2v) is 6.24. The lowest BCUT2D eigenvalue weighted by Gasteiger charge is -2.25. The molecule has 2 heterocycles. The first-order chi connectivity index (χ1) is 9.69. The molecule has 0 amide bonds. The van der Waals surface area contributed by atoms with Gasteiger partial charge in [-0.15, -0.1) is 11.8 Å². The van der Waals surface area contributed by atoms with Crippen LogP contribution in [0.5, 0.6) is 0 Å². The highest BCUT2D eigenvalue weighted by atomic mass is 35.5. The zero-order valence-electron chi connectivity index (χ0n) is 11.0. The maximum atomic E-state index is 11.2. The maximum Gasteiger partial charge on any atom is 0.307 e. The van der Waals surface area contributed by atoms with Gasteiger partial charge in [0.05, 0.1) is 23.8 Å². The summed E-state index contributed by atoms with van der Waals surface area (Å²) >= 11 is 8.17. The fourth-order valence-corrected chi connectivity index (χ4v) is 3.96. The number of ether oxygens (including phenoxy) is 1. The van der Waals surface area contributed by atoms with Crippen LogP contribution in [0, 0.1) is 0 Å². The number of rotatable bonds is 3. The highest BCUT2D eigenvalue weighted by molar-refractivity contribution is 8.01. The summed E-state index contributed by atoms with van der Waals surface area (Å²) in [6.07, 6.45) is 4.33. The molecule has 0 fully saturated rings. The standard InChI is InChI=1S/C15H14ClNO2S/c1-19-14(18)6-7-17-8-11-10-4-2-3-5-13(10)20-15(11)12(16)9-17/h2-5,8-9,15H,6-7H2,1H3. The number of benzene rings is 1. The second kappa shape index (κ2) is 5.54. The number of halogens is 1. The van der Waals surface area contributed by atoms with Gasteiger partial charge in [-0.3, -0.25) is 4.79 Å². The molecular weight excluding hydrogens is 294 g/mol. The molecule has 0 radical (unpaired) electrons. The van der Waals surface area contributed by atoms with Crippen LogP contribution >= 0.6 is 23.4 Å². The highest BCUT2D eigenvalue weighted by Gasteiger charge is 2.32. The Balaban J connectivity index is 1.83. The summed E-state index contributed by atoms with van der Waals surface area (Å²) in [5, 5.41) is 0.983. The third-order valence-corrected chi connectivity index (χ3v) is 5.17. The Bertz CT molecular complexity index is 612. The Kier molecular flexibility index (Phi) is 3.76. The van der Waals surface area contributed by atoms with E-state index in [1.165, 1.54) is 23.1 Å². The van der Waals surface area contributed by atoms with E-state index in [1.54, 1.807) is 11.8 Å². The van der Waals surface area contributed by atoms with Crippen molar-refractivity contribution >= 4 is 34.9 Å². The van der Waals surface area contributed by atoms with Gasteiger partial charge in [0, 0.05) is 23.8 Å². The SMILES string of the molecule is COC(=O)CCN1C=C(Cl)C2Sc3ccccc3C2=C1. The molecule has 1 unspecified atom stereocenters. The van der Waals surface area contributed by atoms with E-state index in [4.69, 9.17) is 11.6 Å². The second-order valence-electron chi connectivity index (χ2n) is 4.66. The monoisotopic (exact) mass is 307 g/mol. The van der Waals surface area contributed by atoms with E-state index in [-0.39, 0.29) is 11.2 Å². The third kappa shape index (κ3) is 2.45. The number of nitrogens with zero attached hydrogens (tertiary/aromatic N) is 1. The maximum absolute atomic E-state index is 11.2. The van der Waals surface area contributed by atoms with Crippen molar-refractivity contribution in [2.45, 2.75) is 16.6 Å². The Morgan fingerprint density at radius 2 is 2.20 bits per heavy atom. The van der Waals surface area contributed by atoms with E-state index in [2.05, 4.69) is 23.1 Å². The number of esters is 1. The van der Waals surface area contributed by atoms with Crippen LogP contribution in [0.25, 0.3) is 5.57 Å². The summed E-state index contributed by atoms with van der Waals surface area (Å²) < 4.78 is 4.67. The molecule has 5 heteroatoms. The summed E-state index contributed by atoms with van der Waals surface area (Å²) in [6, 6.07) is 8.30. The van der Waals surface area contributed by atoms with Crippen molar-refractivity contribution in [3.05, 3.63) is 47.3 Å². The van der Waals surface area contributed by atoms with Crippen LogP contribution < -0.4 is 0 Å². The lowest BCUT2D eigenvalue weighted by Crippen LogP contribution is -2.22. The molecule has 0 spiro atoms. The summed E-state index contributed by atoms with van der Waals surface area (Å²) in [4.78, 5) is 14.5. The molecule has 2 aliphatic rings. The van der Waals surface area contributed by atoms with Crippen LogP contribution in [0.1, 0.15) is 12.0 Å². The molecule has 104 valence electrons. The minimum Gasteiger partial charge on any atom is -0.469 e. The van der Waals surface area contributed by atoms with Crippen LogP contribution in [-0.2, 0) is 9.53 Å². The van der Waals surface area contributed by atoms with E-state index in [1.807, 2.05) is 23.2 Å². The highest BCUT2D eigenvalue weighted by Crippen LogP contribution is 2.50. The van der Waals surface area contributed by atoms with Crippen molar-refractivity contribution < 1.29 is 9.53 Å². The molecule has 2 aliphatic heterocycles. The first-order valence-electron chi connectivity index (χ1n) is 6.36. The molecule has 1 atom stereocenters. The number of thioether (sulfide) groups is 1. The van der Waals surface area contributed by atoms with Crippen molar-refractivity contribution in [1.82, 2.24) is 4.90 Å². The Morgan fingerprint density at radius 3 is 3.00 bits per heavy atom. The normalized spacial score (nSPS) is 19.9. The summed E-state index contributed by atoms with van der Waals surface area (Å²) in [6.45, 7) is 0.575. The summed E-state index contributed by atoms with van der Waals surface area (Å²) in [5.74, 6) is -0.212. The summed E-state index contributed by atoms with van der Waals surface area (Å²) in [5.41, 5.74) is 2.44. The minimum atomic E-state index is -0.212. The first-order valence-corrected chi connectivity index (χ1v) is 7.62. The predicted molar refractivity (Wildman–Crippen MR) is 81.3 cm³/mol. The molecule has 0 aliphatic carbocycles. The number of hydrogen-bond donors (Lipinski definition) is 0. The van der Waals surface area contributed by atoms with Crippen LogP contribution in [-0.4, -0.2) is 29.8 Å². The largest absolute Gasteiger partial charge is 0.469 e. The molecule has 1 aromatic carbocycles. The van der Waals surface area contributed by atoms with Crippen molar-refractivity contribution in [2.75, 3.05) is 13.7 Å². The minimum absolute atomic E-state index is 0.184. The smallest absolute Gasteiger partial charge is 0.307 e. The van der Waals surface area contributed by atoms with Crippen molar-refractivity contribution in [1.29, 1.82) is 0 Å². The van der Waals surface area contributed by atoms with Crippen LogP contribution in [0.3, 0.4) is 0 Å². The number of carbonyl (C=O) groups excluding carboxylic acids is 1. The fourth-order valence-electron chi connectivity index (χ4n) is 2.38. The van der Waals surface area contributed by atoms with E-state index in [9.17, 15) is 4.79 Å². The molecule has 0 saturated carbocycles. The molecule has 0 saturated heterocycles. The molecule has 0 N–H and O–H groups in total. The lowest BCUT2D eigenvalue weighted by molar-refractivity contribution is -0.140. The van der Waals surface area contributed by atoms with Gasteiger partial charge in [0.2, 0.25) is 0 Å². The van der Waals surface area contributed by atoms with E-state index in [0.29, 0.717) is 13.0 Å². The van der Waals surface area contributed by atoms with Crippen LogP contribution in [0.4, 0.5) is 0 Å². The zero-order valence-corrected chi connectivity index (χ0v) is 12.6. The zero-order chi connectivity index (χ0) is 14.1. The molecule has 3 nitrogen and oxygen atoms in total. The van der Waals surface area contributed by atoms with E-state index >= 15 is 0 Å². The average Bonchev–Trinajstić information content (AvgIpc) is 2.84. The average molecular weight is 308 g/mol. The van der Waals surface area contributed by atoms with Crippen LogP contribution in [0.15, 0.2) is 46.6 Å². The molecular formula is C15H14ClNO2S. The Morgan fingerprint density at radius 1 is 1.40 bits per heavy atom. The number of fused-ring (bicyclic) bond motifs is 3. The van der Waals surface area contributed by atoms with Gasteiger partial charge in [-0.05, 0) is 17.2 Å². The Hall–Kier alpha value is -1.39. The fraction of sp³-hybridized carbons (Fsp3) is 0.267. The number of carbonyl (C=O) groups is 1. The van der Waals surface area contributed by atoms with Crippen molar-refractivity contribution in [3.63, 3.8) is 0 Å². The summed E-state index contributed by atoms with van der Waals surface area (Å²) in [7, 11) is 1.40. The quantitative estimate of drug-likeness (QED) is 0.800. The molecule has 20 heavy (non-hydrogen) atoms. The van der Waals surface area contributed by atoms with Gasteiger partial charge >= 0.3 is 5.97 Å². The molecule has 0 aromatic heterocycles. The number of hydrogen-bond acceptors (Lipinski definition) is 4. The van der Waals surface area contributed by atoms with Gasteiger partial charge in [-0.1, -0.05) is 29.8 Å². The van der Waals surface area contributed by atoms with Gasteiger partial charge in [0.1, 0.15) is 0 Å². The van der Waals surface area contributed by atoms with E-state index < -0.39 is 0 Å². The number of methoxy groups -OCH3 is 1. The molecule has 3 rings (SSSR count). The van der Waals surface area contributed by atoms with Gasteiger partial charge in [0.25, 0.3) is 0 Å². The van der Waals surface area contributed by atoms with Crippen molar-refractivity contribution in [2.24, 2.45) is 0 Å².